The fourth-order valence-electron chi connectivity index (χ4n) is 2.07. The number of imide groups is 1. The predicted molar refractivity (Wildman–Crippen MR) is 56.1 cm³/mol. The molecule has 1 aromatic rings. The molecule has 2 atom stereocenters. The third-order valence-electron chi connectivity index (χ3n) is 2.98. The lowest BCUT2D eigenvalue weighted by Crippen LogP contribution is -2.25. The highest BCUT2D eigenvalue weighted by Crippen LogP contribution is 2.33. The van der Waals surface area contributed by atoms with Crippen molar-refractivity contribution in [3.8, 4) is 0 Å². The summed E-state index contributed by atoms with van der Waals surface area (Å²) in [5.74, 6) is -0.735. The molecule has 0 aliphatic carbocycles. The molecule has 1 saturated heterocycles. The van der Waals surface area contributed by atoms with Crippen LogP contribution in [-0.4, -0.2) is 23.8 Å². The van der Waals surface area contributed by atoms with E-state index in [1.54, 1.807) is 14.0 Å². The number of rotatable bonds is 1. The molecular formula is C12H13NO2. The zero-order chi connectivity index (χ0) is 11.0. The van der Waals surface area contributed by atoms with E-state index in [9.17, 15) is 9.59 Å². The van der Waals surface area contributed by atoms with E-state index in [2.05, 4.69) is 0 Å². The van der Waals surface area contributed by atoms with Crippen LogP contribution in [0.3, 0.4) is 0 Å². The minimum atomic E-state index is -0.302. The van der Waals surface area contributed by atoms with Gasteiger partial charge in [0.25, 0.3) is 0 Å². The number of hydrogen-bond acceptors (Lipinski definition) is 2. The van der Waals surface area contributed by atoms with Gasteiger partial charge in [0.15, 0.2) is 0 Å². The molecule has 1 aromatic carbocycles. The second-order valence-corrected chi connectivity index (χ2v) is 3.91. The Labute approximate surface area is 88.7 Å². The van der Waals surface area contributed by atoms with E-state index in [0.717, 1.165) is 5.56 Å². The SMILES string of the molecule is C[C@@H]1C(=O)N(C)C(=O)[C@H]1c1ccccc1. The maximum absolute atomic E-state index is 11.8. The summed E-state index contributed by atoms with van der Waals surface area (Å²) in [7, 11) is 1.55. The summed E-state index contributed by atoms with van der Waals surface area (Å²) in [6, 6.07) is 9.46. The van der Waals surface area contributed by atoms with Gasteiger partial charge in [-0.1, -0.05) is 37.3 Å². The molecule has 3 nitrogen and oxygen atoms in total. The van der Waals surface area contributed by atoms with Gasteiger partial charge in [-0.05, 0) is 5.56 Å². The van der Waals surface area contributed by atoms with Crippen molar-refractivity contribution in [3.05, 3.63) is 35.9 Å². The van der Waals surface area contributed by atoms with Crippen LogP contribution < -0.4 is 0 Å². The van der Waals surface area contributed by atoms with Gasteiger partial charge in [0.2, 0.25) is 11.8 Å². The summed E-state index contributed by atoms with van der Waals surface area (Å²) in [6.07, 6.45) is 0. The van der Waals surface area contributed by atoms with Crippen LogP contribution in [0.4, 0.5) is 0 Å². The lowest BCUT2D eigenvalue weighted by molar-refractivity contribution is -0.137. The summed E-state index contributed by atoms with van der Waals surface area (Å²) < 4.78 is 0. The highest BCUT2D eigenvalue weighted by atomic mass is 16.2. The lowest BCUT2D eigenvalue weighted by Gasteiger charge is -2.10. The van der Waals surface area contributed by atoms with Crippen LogP contribution in [-0.2, 0) is 9.59 Å². The van der Waals surface area contributed by atoms with E-state index in [4.69, 9.17) is 0 Å². The van der Waals surface area contributed by atoms with Crippen LogP contribution in [0.1, 0.15) is 18.4 Å². The van der Waals surface area contributed by atoms with Crippen LogP contribution >= 0.6 is 0 Å². The van der Waals surface area contributed by atoms with Gasteiger partial charge in [-0.2, -0.15) is 0 Å². The Bertz CT molecular complexity index is 399. The molecule has 2 amide bonds. The van der Waals surface area contributed by atoms with Crippen LogP contribution in [0.5, 0.6) is 0 Å². The minimum Gasteiger partial charge on any atom is -0.285 e. The molecule has 1 heterocycles. The second kappa shape index (κ2) is 3.50. The van der Waals surface area contributed by atoms with Gasteiger partial charge < -0.3 is 0 Å². The standard InChI is InChI=1S/C12H13NO2/c1-8-10(9-6-4-3-5-7-9)12(15)13(2)11(8)14/h3-8,10H,1-2H3/t8-,10+/m0/s1. The summed E-state index contributed by atoms with van der Waals surface area (Å²) in [5.41, 5.74) is 0.924. The molecule has 3 heteroatoms. The van der Waals surface area contributed by atoms with E-state index in [1.807, 2.05) is 30.3 Å². The summed E-state index contributed by atoms with van der Waals surface area (Å²) in [4.78, 5) is 24.7. The third kappa shape index (κ3) is 1.44. The quantitative estimate of drug-likeness (QED) is 0.647. The summed E-state index contributed by atoms with van der Waals surface area (Å²) in [5, 5.41) is 0. The molecule has 0 radical (unpaired) electrons. The lowest BCUT2D eigenvalue weighted by atomic mass is 9.89. The zero-order valence-electron chi connectivity index (χ0n) is 8.81. The van der Waals surface area contributed by atoms with Gasteiger partial charge in [0, 0.05) is 7.05 Å². The van der Waals surface area contributed by atoms with E-state index in [0.29, 0.717) is 0 Å². The van der Waals surface area contributed by atoms with Crippen LogP contribution in [0.2, 0.25) is 0 Å². The minimum absolute atomic E-state index is 0.0890. The number of carbonyl (C=O) groups excluding carboxylic acids is 2. The first kappa shape index (κ1) is 9.90. The molecular weight excluding hydrogens is 190 g/mol. The molecule has 0 saturated carbocycles. The van der Waals surface area contributed by atoms with Gasteiger partial charge in [-0.3, -0.25) is 14.5 Å². The number of likely N-dealkylation sites (N-methyl/N-ethyl adjacent to an activating group) is 1. The molecule has 0 spiro atoms. The Kier molecular flexibility index (Phi) is 2.31. The smallest absolute Gasteiger partial charge is 0.237 e. The van der Waals surface area contributed by atoms with Crippen LogP contribution in [0.25, 0.3) is 0 Å². The summed E-state index contributed by atoms with van der Waals surface area (Å²) >= 11 is 0. The van der Waals surface area contributed by atoms with Crippen molar-refractivity contribution in [2.24, 2.45) is 5.92 Å². The van der Waals surface area contributed by atoms with Gasteiger partial charge in [-0.15, -0.1) is 0 Å². The van der Waals surface area contributed by atoms with Crippen molar-refractivity contribution in [1.82, 2.24) is 4.90 Å². The highest BCUT2D eigenvalue weighted by molar-refractivity contribution is 6.07. The summed E-state index contributed by atoms with van der Waals surface area (Å²) in [6.45, 7) is 1.81. The van der Waals surface area contributed by atoms with E-state index >= 15 is 0 Å². The molecule has 2 rings (SSSR count). The molecule has 78 valence electrons. The normalized spacial score (nSPS) is 26.1. The van der Waals surface area contributed by atoms with Gasteiger partial charge >= 0.3 is 0 Å². The number of carbonyl (C=O) groups is 2. The number of likely N-dealkylation sites (tertiary alicyclic amines) is 1. The van der Waals surface area contributed by atoms with Crippen molar-refractivity contribution in [2.75, 3.05) is 7.05 Å². The average Bonchev–Trinajstić information content (AvgIpc) is 2.45. The molecule has 0 aromatic heterocycles. The molecule has 1 fully saturated rings. The topological polar surface area (TPSA) is 37.4 Å². The van der Waals surface area contributed by atoms with Crippen LogP contribution in [0.15, 0.2) is 30.3 Å². The highest BCUT2D eigenvalue weighted by Gasteiger charge is 2.43. The Balaban J connectivity index is 2.39. The van der Waals surface area contributed by atoms with Crippen molar-refractivity contribution in [2.45, 2.75) is 12.8 Å². The zero-order valence-corrected chi connectivity index (χ0v) is 8.81. The Hall–Kier alpha value is -1.64. The molecule has 0 bridgehead atoms. The fourth-order valence-corrected chi connectivity index (χ4v) is 2.07. The first-order valence-electron chi connectivity index (χ1n) is 4.99. The largest absolute Gasteiger partial charge is 0.285 e. The average molecular weight is 203 g/mol. The Morgan fingerprint density at radius 2 is 1.67 bits per heavy atom. The fraction of sp³-hybridized carbons (Fsp3) is 0.333. The van der Waals surface area contributed by atoms with Crippen molar-refractivity contribution >= 4 is 11.8 Å². The number of nitrogens with zero attached hydrogens (tertiary/aromatic N) is 1. The van der Waals surface area contributed by atoms with E-state index in [1.165, 1.54) is 4.90 Å². The molecule has 0 unspecified atom stereocenters. The first-order valence-corrected chi connectivity index (χ1v) is 4.99. The number of amides is 2. The Morgan fingerprint density at radius 1 is 1.07 bits per heavy atom. The van der Waals surface area contributed by atoms with Crippen molar-refractivity contribution in [1.29, 1.82) is 0 Å². The van der Waals surface area contributed by atoms with Gasteiger partial charge in [0.1, 0.15) is 0 Å². The molecule has 15 heavy (non-hydrogen) atoms. The van der Waals surface area contributed by atoms with Crippen molar-refractivity contribution < 1.29 is 9.59 Å². The maximum Gasteiger partial charge on any atom is 0.237 e. The van der Waals surface area contributed by atoms with Crippen molar-refractivity contribution in [3.63, 3.8) is 0 Å². The number of benzene rings is 1. The molecule has 1 aliphatic rings. The molecule has 1 aliphatic heterocycles. The van der Waals surface area contributed by atoms with E-state index < -0.39 is 0 Å². The first-order chi connectivity index (χ1) is 7.13. The predicted octanol–water partition coefficient (Wildman–Crippen LogP) is 1.40. The van der Waals surface area contributed by atoms with Gasteiger partial charge in [0.05, 0.1) is 11.8 Å². The maximum atomic E-state index is 11.8. The Morgan fingerprint density at radius 3 is 2.13 bits per heavy atom. The van der Waals surface area contributed by atoms with Crippen LogP contribution in [0, 0.1) is 5.92 Å². The van der Waals surface area contributed by atoms with E-state index in [-0.39, 0.29) is 23.7 Å². The molecule has 0 N–H and O–H groups in total. The van der Waals surface area contributed by atoms with Gasteiger partial charge in [-0.25, -0.2) is 0 Å². The number of hydrogen-bond donors (Lipinski definition) is 0. The monoisotopic (exact) mass is 203 g/mol. The third-order valence-corrected chi connectivity index (χ3v) is 2.98. The second-order valence-electron chi connectivity index (χ2n) is 3.91.